The first-order chi connectivity index (χ1) is 19.2. The molecule has 2 aromatic heterocycles. The van der Waals surface area contributed by atoms with E-state index in [0.717, 1.165) is 55.6 Å². The van der Waals surface area contributed by atoms with Crippen LogP contribution in [0.1, 0.15) is 39.0 Å². The van der Waals surface area contributed by atoms with Gasteiger partial charge < -0.3 is 19.2 Å². The molecule has 0 amide bonds. The molecule has 0 unspecified atom stereocenters. The van der Waals surface area contributed by atoms with E-state index in [1.807, 2.05) is 36.4 Å². The van der Waals surface area contributed by atoms with Gasteiger partial charge in [0.05, 0.1) is 17.5 Å². The van der Waals surface area contributed by atoms with Gasteiger partial charge >= 0.3 is 0 Å². The smallest absolute Gasteiger partial charge is 0.232 e. The Morgan fingerprint density at radius 2 is 1.90 bits per heavy atom. The lowest BCUT2D eigenvalue weighted by Gasteiger charge is -2.26. The fourth-order valence-electron chi connectivity index (χ4n) is 5.66. The summed E-state index contributed by atoms with van der Waals surface area (Å²) in [6.45, 7) is 6.33. The number of benzene rings is 2. The second-order valence-corrected chi connectivity index (χ2v) is 10.5. The molecule has 2 fully saturated rings. The van der Waals surface area contributed by atoms with Crippen LogP contribution in [0.4, 0.5) is 10.2 Å². The molecule has 0 radical (unpaired) electrons. The van der Waals surface area contributed by atoms with Crippen LogP contribution in [0.5, 0.6) is 5.75 Å². The minimum atomic E-state index is -0.415. The van der Waals surface area contributed by atoms with Gasteiger partial charge in [0, 0.05) is 24.3 Å². The van der Waals surface area contributed by atoms with Crippen LogP contribution in [0, 0.1) is 5.82 Å². The third-order valence-corrected chi connectivity index (χ3v) is 7.75. The Morgan fingerprint density at radius 3 is 2.67 bits per heavy atom. The molecule has 204 valence electrons. The van der Waals surface area contributed by atoms with Crippen molar-refractivity contribution in [3.8, 4) is 28.2 Å². The second-order valence-electron chi connectivity index (χ2n) is 10.5. The number of halogens is 1. The van der Waals surface area contributed by atoms with Gasteiger partial charge in [0.25, 0.3) is 0 Å². The van der Waals surface area contributed by atoms with Gasteiger partial charge in [-0.25, -0.2) is 14.4 Å². The van der Waals surface area contributed by atoms with E-state index in [2.05, 4.69) is 27.1 Å². The van der Waals surface area contributed by atoms with Crippen LogP contribution >= 0.6 is 0 Å². The highest BCUT2D eigenvalue weighted by Gasteiger charge is 2.27. The van der Waals surface area contributed by atoms with Crippen LogP contribution in [0.2, 0.25) is 0 Å². The average Bonchev–Trinajstić information content (AvgIpc) is 3.64. The quantitative estimate of drug-likeness (QED) is 0.263. The number of rotatable bonds is 9. The van der Waals surface area contributed by atoms with E-state index in [9.17, 15) is 0 Å². The van der Waals surface area contributed by atoms with Crippen molar-refractivity contribution < 1.29 is 18.3 Å². The summed E-state index contributed by atoms with van der Waals surface area (Å²) in [5.41, 5.74) is 2.83. The van der Waals surface area contributed by atoms with Crippen LogP contribution in [-0.2, 0) is 4.74 Å². The van der Waals surface area contributed by atoms with Gasteiger partial charge in [0.15, 0.2) is 11.6 Å². The van der Waals surface area contributed by atoms with Gasteiger partial charge in [-0.15, -0.1) is 0 Å². The molecule has 2 aliphatic rings. The van der Waals surface area contributed by atoms with Gasteiger partial charge in [0.2, 0.25) is 5.71 Å². The minimum Gasteiger partial charge on any atom is -0.489 e. The molecule has 0 saturated carbocycles. The van der Waals surface area contributed by atoms with Crippen LogP contribution in [0.25, 0.3) is 33.6 Å². The molecule has 0 spiro atoms. The summed E-state index contributed by atoms with van der Waals surface area (Å²) in [6, 6.07) is 15.0. The SMILES string of the molecule is C[C@@H](Nc1ncnc2oc(-c3ccc(OCCN4CCCCC4)c(F)c3)c(-c3ccccc3)c12)[C@@H]1CCCO1. The summed E-state index contributed by atoms with van der Waals surface area (Å²) >= 11 is 0. The zero-order chi connectivity index (χ0) is 26.6. The first kappa shape index (κ1) is 25.8. The minimum absolute atomic E-state index is 0.0615. The zero-order valence-electron chi connectivity index (χ0n) is 22.4. The molecular formula is C31H35FN4O3. The van der Waals surface area contributed by atoms with Gasteiger partial charge in [-0.3, -0.25) is 4.90 Å². The number of piperidine rings is 1. The fraction of sp³-hybridized carbons (Fsp3) is 0.419. The maximum atomic E-state index is 15.3. The van der Waals surface area contributed by atoms with Gasteiger partial charge in [-0.1, -0.05) is 36.8 Å². The van der Waals surface area contributed by atoms with E-state index in [4.69, 9.17) is 13.9 Å². The standard InChI is InChI=1S/C31H35FN4O3/c1-21(25-11-8-17-37-25)35-30-28-27(22-9-4-2-5-10-22)29(39-31(28)34-20-33-30)23-12-13-26(24(32)19-23)38-18-16-36-14-6-3-7-15-36/h2,4-5,9-10,12-13,19-21,25H,3,6-8,11,14-18H2,1H3,(H,33,34,35)/t21-,25+/m1/s1. The first-order valence-corrected chi connectivity index (χ1v) is 14.0. The Bertz CT molecular complexity index is 1400. The van der Waals surface area contributed by atoms with E-state index in [1.165, 1.54) is 31.7 Å². The van der Waals surface area contributed by atoms with E-state index in [1.54, 1.807) is 6.07 Å². The van der Waals surface area contributed by atoms with Crippen LogP contribution < -0.4 is 10.1 Å². The molecule has 0 aliphatic carbocycles. The topological polar surface area (TPSA) is 72.7 Å². The highest BCUT2D eigenvalue weighted by Crippen LogP contribution is 2.43. The lowest BCUT2D eigenvalue weighted by atomic mass is 9.99. The maximum Gasteiger partial charge on any atom is 0.232 e. The lowest BCUT2D eigenvalue weighted by Crippen LogP contribution is -2.33. The predicted octanol–water partition coefficient (Wildman–Crippen LogP) is 6.54. The number of fused-ring (bicyclic) bond motifs is 1. The number of likely N-dealkylation sites (tertiary alicyclic amines) is 1. The number of ether oxygens (including phenoxy) is 2. The Hall–Kier alpha value is -3.49. The number of hydrogen-bond donors (Lipinski definition) is 1. The van der Waals surface area contributed by atoms with E-state index < -0.39 is 5.82 Å². The average molecular weight is 531 g/mol. The van der Waals surface area contributed by atoms with Gasteiger partial charge in [-0.05, 0) is 69.5 Å². The largest absolute Gasteiger partial charge is 0.489 e. The Morgan fingerprint density at radius 1 is 1.05 bits per heavy atom. The van der Waals surface area contributed by atoms with Crippen molar-refractivity contribution in [2.45, 2.75) is 51.2 Å². The summed E-state index contributed by atoms with van der Waals surface area (Å²) < 4.78 is 33.3. The van der Waals surface area contributed by atoms with Gasteiger partial charge in [0.1, 0.15) is 24.5 Å². The number of nitrogens with zero attached hydrogens (tertiary/aromatic N) is 3. The molecule has 4 aromatic rings. The number of aromatic nitrogens is 2. The third kappa shape index (κ3) is 5.63. The summed E-state index contributed by atoms with van der Waals surface area (Å²) in [6.07, 6.45) is 7.42. The molecule has 4 heterocycles. The molecule has 2 aliphatic heterocycles. The van der Waals surface area contributed by atoms with Crippen LogP contribution in [0.3, 0.4) is 0 Å². The summed E-state index contributed by atoms with van der Waals surface area (Å²) in [7, 11) is 0. The lowest BCUT2D eigenvalue weighted by molar-refractivity contribution is 0.0996. The maximum absolute atomic E-state index is 15.3. The Balaban J connectivity index is 1.32. The molecule has 2 atom stereocenters. The van der Waals surface area contributed by atoms with Crippen molar-refractivity contribution in [2.24, 2.45) is 0 Å². The summed E-state index contributed by atoms with van der Waals surface area (Å²) in [4.78, 5) is 11.4. The van der Waals surface area contributed by atoms with Crippen molar-refractivity contribution in [2.75, 3.05) is 38.2 Å². The van der Waals surface area contributed by atoms with Crippen molar-refractivity contribution >= 4 is 16.9 Å². The highest BCUT2D eigenvalue weighted by molar-refractivity contribution is 6.05. The fourth-order valence-corrected chi connectivity index (χ4v) is 5.66. The molecular weight excluding hydrogens is 495 g/mol. The molecule has 2 saturated heterocycles. The molecule has 7 nitrogen and oxygen atoms in total. The normalized spacial score (nSPS) is 18.9. The van der Waals surface area contributed by atoms with E-state index in [-0.39, 0.29) is 17.9 Å². The third-order valence-electron chi connectivity index (χ3n) is 7.75. The number of anilines is 1. The highest BCUT2D eigenvalue weighted by atomic mass is 19.1. The van der Waals surface area contributed by atoms with Crippen molar-refractivity contribution in [3.05, 3.63) is 60.7 Å². The van der Waals surface area contributed by atoms with E-state index >= 15 is 4.39 Å². The number of furan rings is 1. The molecule has 0 bridgehead atoms. The Labute approximate surface area is 228 Å². The molecule has 39 heavy (non-hydrogen) atoms. The molecule has 8 heteroatoms. The number of nitrogens with one attached hydrogen (secondary N) is 1. The molecule has 2 aromatic carbocycles. The zero-order valence-corrected chi connectivity index (χ0v) is 22.4. The van der Waals surface area contributed by atoms with Crippen molar-refractivity contribution in [3.63, 3.8) is 0 Å². The van der Waals surface area contributed by atoms with Crippen LogP contribution in [0.15, 0.2) is 59.3 Å². The van der Waals surface area contributed by atoms with Gasteiger partial charge in [-0.2, -0.15) is 0 Å². The Kier molecular flexibility index (Phi) is 7.74. The van der Waals surface area contributed by atoms with Crippen molar-refractivity contribution in [1.82, 2.24) is 14.9 Å². The second kappa shape index (κ2) is 11.7. The van der Waals surface area contributed by atoms with E-state index in [0.29, 0.717) is 29.5 Å². The number of hydrogen-bond acceptors (Lipinski definition) is 7. The summed E-state index contributed by atoms with van der Waals surface area (Å²) in [5.74, 6) is 1.06. The summed E-state index contributed by atoms with van der Waals surface area (Å²) in [5, 5.41) is 4.31. The monoisotopic (exact) mass is 530 g/mol. The first-order valence-electron chi connectivity index (χ1n) is 14.0. The van der Waals surface area contributed by atoms with Crippen LogP contribution in [-0.4, -0.2) is 59.9 Å². The molecule has 1 N–H and O–H groups in total. The molecule has 6 rings (SSSR count). The van der Waals surface area contributed by atoms with Crippen molar-refractivity contribution in [1.29, 1.82) is 0 Å². The predicted molar refractivity (Wildman–Crippen MR) is 150 cm³/mol.